The molecule has 0 unspecified atom stereocenters. The first-order valence-electron chi connectivity index (χ1n) is 8.61. The van der Waals surface area contributed by atoms with Gasteiger partial charge in [-0.1, -0.05) is 56.3 Å². The lowest BCUT2D eigenvalue weighted by Crippen LogP contribution is -2.21. The summed E-state index contributed by atoms with van der Waals surface area (Å²) in [6, 6.07) is 17.2. The van der Waals surface area contributed by atoms with Gasteiger partial charge in [0, 0.05) is 16.6 Å². The van der Waals surface area contributed by atoms with Crippen LogP contribution in [0.15, 0.2) is 60.0 Å². The molecular weight excluding hydrogens is 360 g/mol. The highest BCUT2D eigenvalue weighted by Crippen LogP contribution is 2.23. The standard InChI is InChI=1S/C21H20N2O3S/c1-14(2)15-8-10-17(11-9-15)22-19(24)12-26-21(25)18-13-27-20(23-18)16-6-4-3-5-7-16/h3-11,13-14H,12H2,1-2H3,(H,22,24). The van der Waals surface area contributed by atoms with Crippen molar-refractivity contribution in [2.75, 3.05) is 11.9 Å². The molecule has 1 N–H and O–H groups in total. The van der Waals surface area contributed by atoms with E-state index in [0.717, 1.165) is 10.6 Å². The average molecular weight is 380 g/mol. The Bertz CT molecular complexity index is 918. The van der Waals surface area contributed by atoms with Crippen LogP contribution in [0.3, 0.4) is 0 Å². The molecule has 0 spiro atoms. The van der Waals surface area contributed by atoms with Gasteiger partial charge in [-0.3, -0.25) is 4.79 Å². The van der Waals surface area contributed by atoms with Crippen LogP contribution in [0.5, 0.6) is 0 Å². The van der Waals surface area contributed by atoms with Gasteiger partial charge in [0.1, 0.15) is 5.01 Å². The second-order valence-corrected chi connectivity index (χ2v) is 7.16. The fraction of sp³-hybridized carbons (Fsp3) is 0.190. The molecule has 1 heterocycles. The van der Waals surface area contributed by atoms with Gasteiger partial charge in [0.25, 0.3) is 5.91 Å². The normalized spacial score (nSPS) is 10.6. The zero-order valence-electron chi connectivity index (χ0n) is 15.1. The molecule has 138 valence electrons. The number of aromatic nitrogens is 1. The highest BCUT2D eigenvalue weighted by molar-refractivity contribution is 7.13. The minimum absolute atomic E-state index is 0.202. The van der Waals surface area contributed by atoms with Crippen molar-refractivity contribution < 1.29 is 14.3 Å². The third kappa shape index (κ3) is 5.01. The van der Waals surface area contributed by atoms with E-state index in [4.69, 9.17) is 4.74 Å². The van der Waals surface area contributed by atoms with Crippen LogP contribution < -0.4 is 5.32 Å². The topological polar surface area (TPSA) is 68.3 Å². The number of amides is 1. The summed E-state index contributed by atoms with van der Waals surface area (Å²) in [6.45, 7) is 3.85. The van der Waals surface area contributed by atoms with Crippen molar-refractivity contribution in [2.45, 2.75) is 19.8 Å². The van der Waals surface area contributed by atoms with E-state index in [1.807, 2.05) is 54.6 Å². The van der Waals surface area contributed by atoms with Crippen LogP contribution in [0.25, 0.3) is 10.6 Å². The first-order chi connectivity index (χ1) is 13.0. The Morgan fingerprint density at radius 1 is 1.07 bits per heavy atom. The molecule has 0 bridgehead atoms. The summed E-state index contributed by atoms with van der Waals surface area (Å²) < 4.78 is 5.07. The number of carbonyl (C=O) groups is 2. The molecule has 2 aromatic carbocycles. The number of hydrogen-bond acceptors (Lipinski definition) is 5. The summed E-state index contributed by atoms with van der Waals surface area (Å²) in [7, 11) is 0. The fourth-order valence-corrected chi connectivity index (χ4v) is 3.23. The molecule has 3 rings (SSSR count). The van der Waals surface area contributed by atoms with E-state index in [9.17, 15) is 9.59 Å². The number of hydrogen-bond donors (Lipinski definition) is 1. The Balaban J connectivity index is 1.53. The number of thiazole rings is 1. The van der Waals surface area contributed by atoms with Gasteiger partial charge in [-0.05, 0) is 23.6 Å². The summed E-state index contributed by atoms with van der Waals surface area (Å²) in [5.74, 6) is -0.576. The lowest BCUT2D eigenvalue weighted by atomic mass is 10.0. The maximum absolute atomic E-state index is 12.1. The van der Waals surface area contributed by atoms with E-state index in [2.05, 4.69) is 24.1 Å². The molecule has 0 radical (unpaired) electrons. The Morgan fingerprint density at radius 3 is 2.44 bits per heavy atom. The van der Waals surface area contributed by atoms with Crippen molar-refractivity contribution in [1.29, 1.82) is 0 Å². The van der Waals surface area contributed by atoms with E-state index in [-0.39, 0.29) is 18.2 Å². The minimum Gasteiger partial charge on any atom is -0.451 e. The van der Waals surface area contributed by atoms with Crippen molar-refractivity contribution in [3.8, 4) is 10.6 Å². The molecule has 0 saturated carbocycles. The second kappa shape index (κ2) is 8.60. The van der Waals surface area contributed by atoms with Crippen molar-refractivity contribution in [1.82, 2.24) is 4.98 Å². The molecule has 5 nitrogen and oxygen atoms in total. The summed E-state index contributed by atoms with van der Waals surface area (Å²) in [4.78, 5) is 28.4. The quantitative estimate of drug-likeness (QED) is 0.628. The number of nitrogens with one attached hydrogen (secondary N) is 1. The largest absolute Gasteiger partial charge is 0.451 e. The zero-order valence-corrected chi connectivity index (χ0v) is 16.0. The predicted octanol–water partition coefficient (Wildman–Crippen LogP) is 4.73. The molecule has 1 aromatic heterocycles. The molecule has 0 aliphatic rings. The van der Waals surface area contributed by atoms with Crippen LogP contribution in [0.4, 0.5) is 5.69 Å². The molecule has 3 aromatic rings. The van der Waals surface area contributed by atoms with Crippen LogP contribution in [0.1, 0.15) is 35.8 Å². The van der Waals surface area contributed by atoms with Gasteiger partial charge in [0.05, 0.1) is 0 Å². The summed E-state index contributed by atoms with van der Waals surface area (Å²) in [5.41, 5.74) is 3.00. The van der Waals surface area contributed by atoms with Crippen molar-refractivity contribution in [2.24, 2.45) is 0 Å². The maximum Gasteiger partial charge on any atom is 0.358 e. The third-order valence-corrected chi connectivity index (χ3v) is 4.82. The van der Waals surface area contributed by atoms with Crippen LogP contribution in [0.2, 0.25) is 0 Å². The van der Waals surface area contributed by atoms with Gasteiger partial charge < -0.3 is 10.1 Å². The van der Waals surface area contributed by atoms with Gasteiger partial charge in [-0.2, -0.15) is 0 Å². The van der Waals surface area contributed by atoms with Gasteiger partial charge in [-0.15, -0.1) is 11.3 Å². The van der Waals surface area contributed by atoms with Crippen LogP contribution in [0, 0.1) is 0 Å². The molecule has 0 aliphatic heterocycles. The SMILES string of the molecule is CC(C)c1ccc(NC(=O)COC(=O)c2csc(-c3ccccc3)n2)cc1. The molecule has 0 fully saturated rings. The summed E-state index contributed by atoms with van der Waals surface area (Å²) in [6.07, 6.45) is 0. The Hall–Kier alpha value is -2.99. The number of benzene rings is 2. The lowest BCUT2D eigenvalue weighted by molar-refractivity contribution is -0.119. The van der Waals surface area contributed by atoms with Crippen LogP contribution in [-0.4, -0.2) is 23.5 Å². The molecule has 0 atom stereocenters. The smallest absolute Gasteiger partial charge is 0.358 e. The highest BCUT2D eigenvalue weighted by atomic mass is 32.1. The molecule has 6 heteroatoms. The van der Waals surface area contributed by atoms with Gasteiger partial charge in [0.2, 0.25) is 0 Å². The van der Waals surface area contributed by atoms with Crippen LogP contribution in [-0.2, 0) is 9.53 Å². The molecule has 0 saturated heterocycles. The number of nitrogens with zero attached hydrogens (tertiary/aromatic N) is 1. The number of ether oxygens (including phenoxy) is 1. The summed E-state index contributed by atoms with van der Waals surface area (Å²) in [5, 5.41) is 5.08. The van der Waals surface area contributed by atoms with Crippen molar-refractivity contribution in [3.05, 3.63) is 71.2 Å². The van der Waals surface area contributed by atoms with Gasteiger partial charge in [0.15, 0.2) is 12.3 Å². The molecule has 1 amide bonds. The first kappa shape index (κ1) is 18.8. The van der Waals surface area contributed by atoms with E-state index < -0.39 is 5.97 Å². The van der Waals surface area contributed by atoms with Gasteiger partial charge >= 0.3 is 5.97 Å². The van der Waals surface area contributed by atoms with Crippen molar-refractivity contribution >= 4 is 28.9 Å². The van der Waals surface area contributed by atoms with Crippen LogP contribution >= 0.6 is 11.3 Å². The highest BCUT2D eigenvalue weighted by Gasteiger charge is 2.15. The fourth-order valence-electron chi connectivity index (χ4n) is 2.43. The monoisotopic (exact) mass is 380 g/mol. The third-order valence-electron chi connectivity index (χ3n) is 3.93. The lowest BCUT2D eigenvalue weighted by Gasteiger charge is -2.08. The molecule has 27 heavy (non-hydrogen) atoms. The van der Waals surface area contributed by atoms with E-state index in [1.165, 1.54) is 16.9 Å². The number of carbonyl (C=O) groups excluding carboxylic acids is 2. The zero-order chi connectivity index (χ0) is 19.2. The Labute approximate surface area is 162 Å². The molecule has 0 aliphatic carbocycles. The minimum atomic E-state index is -0.612. The van der Waals surface area contributed by atoms with E-state index in [0.29, 0.717) is 11.6 Å². The maximum atomic E-state index is 12.1. The molecular formula is C21H20N2O3S. The number of rotatable bonds is 6. The summed E-state index contributed by atoms with van der Waals surface area (Å²) >= 11 is 1.36. The first-order valence-corrected chi connectivity index (χ1v) is 9.49. The number of anilines is 1. The Morgan fingerprint density at radius 2 is 1.78 bits per heavy atom. The number of esters is 1. The van der Waals surface area contributed by atoms with Gasteiger partial charge in [-0.25, -0.2) is 9.78 Å². The van der Waals surface area contributed by atoms with E-state index >= 15 is 0 Å². The second-order valence-electron chi connectivity index (χ2n) is 6.30. The van der Waals surface area contributed by atoms with Crippen molar-refractivity contribution in [3.63, 3.8) is 0 Å². The Kier molecular flexibility index (Phi) is 5.98. The predicted molar refractivity (Wildman–Crippen MR) is 107 cm³/mol. The van der Waals surface area contributed by atoms with E-state index in [1.54, 1.807) is 5.38 Å². The average Bonchev–Trinajstić information content (AvgIpc) is 3.17.